The van der Waals surface area contributed by atoms with Crippen molar-refractivity contribution in [2.24, 2.45) is 11.7 Å². The summed E-state index contributed by atoms with van der Waals surface area (Å²) in [7, 11) is -3.12. The van der Waals surface area contributed by atoms with Crippen molar-refractivity contribution in [1.29, 1.82) is 0 Å². The molecule has 1 aliphatic carbocycles. The Balaban J connectivity index is 1.43. The van der Waals surface area contributed by atoms with E-state index in [4.69, 9.17) is 20.3 Å². The largest absolute Gasteiger partial charge is 0.470 e. The number of hydrogen-bond donors (Lipinski definition) is 5. The lowest BCUT2D eigenvalue weighted by molar-refractivity contribution is 0.140. The first-order chi connectivity index (χ1) is 18.5. The molecule has 6 rings (SSSR count). The molecule has 3 aromatic heterocycles. The molecule has 1 aliphatic heterocycles. The minimum Gasteiger partial charge on any atom is -0.421 e. The van der Waals surface area contributed by atoms with E-state index < -0.39 is 25.6 Å². The Kier molecular flexibility index (Phi) is 6.15. The number of ether oxygens (including phenoxy) is 1. The van der Waals surface area contributed by atoms with Gasteiger partial charge in [-0.1, -0.05) is 0 Å². The minimum absolute atomic E-state index is 0.0277. The summed E-state index contributed by atoms with van der Waals surface area (Å²) >= 11 is 0. The molecule has 2 aliphatic rings. The number of rotatable bonds is 7. The standard InChI is InChI=1S/C23H25F2N8O5P/c1-9(38-39(34,35)36)20-28-6-12(7-29-20)37-23-31-21-17(16-18(25)13(24)5-15(27-2)19(16)30-21)22(32-23)33-8-10-3-11(33)4-14(10)26/h5-7,9-11,14,27H,3-4,8,26H2,1-2H3,(H,30,31,32)(H2,34,35,36)/t9-,10+,11+,14+/m0/s1. The van der Waals surface area contributed by atoms with Gasteiger partial charge in [-0.05, 0) is 25.7 Å². The molecule has 1 aromatic carbocycles. The van der Waals surface area contributed by atoms with E-state index in [1.54, 1.807) is 7.05 Å². The van der Waals surface area contributed by atoms with Crippen molar-refractivity contribution in [2.45, 2.75) is 38.0 Å². The van der Waals surface area contributed by atoms with Crippen molar-refractivity contribution in [3.05, 3.63) is 35.9 Å². The van der Waals surface area contributed by atoms with Gasteiger partial charge >= 0.3 is 13.8 Å². The highest BCUT2D eigenvalue weighted by atomic mass is 31.2. The van der Waals surface area contributed by atoms with Gasteiger partial charge in [-0.15, -0.1) is 0 Å². The molecule has 39 heavy (non-hydrogen) atoms. The van der Waals surface area contributed by atoms with E-state index in [1.807, 2.05) is 4.90 Å². The van der Waals surface area contributed by atoms with Gasteiger partial charge in [0.1, 0.15) is 17.6 Å². The maximum absolute atomic E-state index is 15.2. The molecule has 6 N–H and O–H groups in total. The van der Waals surface area contributed by atoms with Gasteiger partial charge in [0.2, 0.25) is 0 Å². The third-order valence-corrected chi connectivity index (χ3v) is 7.83. The lowest BCUT2D eigenvalue weighted by Gasteiger charge is -2.31. The second-order valence-corrected chi connectivity index (χ2v) is 10.9. The highest BCUT2D eigenvalue weighted by molar-refractivity contribution is 7.46. The van der Waals surface area contributed by atoms with Crippen molar-refractivity contribution in [2.75, 3.05) is 23.8 Å². The summed E-state index contributed by atoms with van der Waals surface area (Å²) in [5.74, 6) is -1.19. The molecule has 0 radical (unpaired) electrons. The minimum atomic E-state index is -4.73. The molecule has 1 saturated carbocycles. The number of H-pyrrole nitrogens is 1. The van der Waals surface area contributed by atoms with Gasteiger partial charge < -0.3 is 35.5 Å². The van der Waals surface area contributed by atoms with Crippen LogP contribution in [0.25, 0.3) is 21.9 Å². The number of hydrogen-bond acceptors (Lipinski definition) is 10. The van der Waals surface area contributed by atoms with Crippen LogP contribution in [0.4, 0.5) is 20.3 Å². The Morgan fingerprint density at radius 1 is 1.23 bits per heavy atom. The number of nitrogens with zero attached hydrogens (tertiary/aromatic N) is 5. The number of piperidine rings is 1. The molecule has 13 nitrogen and oxygen atoms in total. The van der Waals surface area contributed by atoms with Crippen molar-refractivity contribution < 1.29 is 32.4 Å². The monoisotopic (exact) mass is 562 g/mol. The number of fused-ring (bicyclic) bond motifs is 5. The number of nitrogens with one attached hydrogen (secondary N) is 2. The van der Waals surface area contributed by atoms with Crippen LogP contribution in [0.5, 0.6) is 11.8 Å². The van der Waals surface area contributed by atoms with Crippen LogP contribution in [0.15, 0.2) is 18.5 Å². The highest BCUT2D eigenvalue weighted by Gasteiger charge is 2.44. The Bertz CT molecular complexity index is 1630. The molecule has 4 aromatic rings. The van der Waals surface area contributed by atoms with Gasteiger partial charge in [0.25, 0.3) is 0 Å². The van der Waals surface area contributed by atoms with E-state index in [-0.39, 0.29) is 46.6 Å². The molecule has 2 bridgehead atoms. The molecule has 4 atom stereocenters. The average Bonchev–Trinajstić information content (AvgIpc) is 3.57. The molecule has 206 valence electrons. The van der Waals surface area contributed by atoms with Gasteiger partial charge in [-0.2, -0.15) is 9.97 Å². The van der Waals surface area contributed by atoms with Crippen LogP contribution in [0.3, 0.4) is 0 Å². The molecule has 1 saturated heterocycles. The van der Waals surface area contributed by atoms with Crippen LogP contribution in [-0.2, 0) is 9.09 Å². The van der Waals surface area contributed by atoms with Gasteiger partial charge in [-0.3, -0.25) is 4.52 Å². The van der Waals surface area contributed by atoms with Gasteiger partial charge in [0.05, 0.1) is 34.4 Å². The summed E-state index contributed by atoms with van der Waals surface area (Å²) < 4.78 is 51.3. The van der Waals surface area contributed by atoms with Gasteiger partial charge in [0, 0.05) is 31.7 Å². The third-order valence-electron chi connectivity index (χ3n) is 7.24. The molecule has 0 spiro atoms. The molecule has 4 heterocycles. The number of halogens is 2. The van der Waals surface area contributed by atoms with Crippen LogP contribution in [0, 0.1) is 17.6 Å². The van der Waals surface area contributed by atoms with Crippen molar-refractivity contribution in [3.8, 4) is 11.8 Å². The molecule has 0 unspecified atom stereocenters. The van der Waals surface area contributed by atoms with Crippen LogP contribution < -0.4 is 20.7 Å². The molecule has 2 fully saturated rings. The third kappa shape index (κ3) is 4.55. The van der Waals surface area contributed by atoms with Crippen LogP contribution in [0.1, 0.15) is 31.7 Å². The number of anilines is 2. The van der Waals surface area contributed by atoms with E-state index in [1.165, 1.54) is 19.3 Å². The maximum Gasteiger partial charge on any atom is 0.470 e. The van der Waals surface area contributed by atoms with E-state index in [0.717, 1.165) is 18.9 Å². The highest BCUT2D eigenvalue weighted by Crippen LogP contribution is 2.45. The van der Waals surface area contributed by atoms with E-state index in [2.05, 4.69) is 34.8 Å². The van der Waals surface area contributed by atoms with Crippen LogP contribution >= 0.6 is 7.82 Å². The molecule has 16 heteroatoms. The topological polar surface area (TPSA) is 185 Å². The zero-order valence-electron chi connectivity index (χ0n) is 20.8. The normalized spacial score (nSPS) is 21.7. The second kappa shape index (κ2) is 9.31. The summed E-state index contributed by atoms with van der Waals surface area (Å²) in [5, 5.41) is 3.25. The lowest BCUT2D eigenvalue weighted by Crippen LogP contribution is -2.41. The maximum atomic E-state index is 15.2. The lowest BCUT2D eigenvalue weighted by atomic mass is 10.0. The predicted octanol–water partition coefficient (Wildman–Crippen LogP) is 3.11. The second-order valence-electron chi connectivity index (χ2n) is 9.72. The van der Waals surface area contributed by atoms with E-state index in [0.29, 0.717) is 29.0 Å². The van der Waals surface area contributed by atoms with Crippen LogP contribution in [-0.4, -0.2) is 60.4 Å². The number of aromatic nitrogens is 5. The first-order valence-electron chi connectivity index (χ1n) is 12.2. The first-order valence-corrected chi connectivity index (χ1v) is 13.7. The van der Waals surface area contributed by atoms with E-state index >= 15 is 4.39 Å². The summed E-state index contributed by atoms with van der Waals surface area (Å²) in [6.07, 6.45) is 3.11. The van der Waals surface area contributed by atoms with Crippen molar-refractivity contribution >= 4 is 41.3 Å². The Labute approximate surface area is 220 Å². The van der Waals surface area contributed by atoms with Crippen molar-refractivity contribution in [3.63, 3.8) is 0 Å². The number of nitrogens with two attached hydrogens (primary N) is 1. The smallest absolute Gasteiger partial charge is 0.421 e. The fraction of sp³-hybridized carbons (Fsp3) is 0.391. The molecular weight excluding hydrogens is 537 g/mol. The molecular formula is C23H25F2N8O5P. The predicted molar refractivity (Wildman–Crippen MR) is 136 cm³/mol. The SMILES string of the molecule is CNc1cc(F)c(F)c2c1[nH]c1nc(Oc3cnc([C@H](C)OP(=O)(O)O)nc3)nc(N3C[C@H]4C[C@@H]3C[C@H]4N)c12. The van der Waals surface area contributed by atoms with Gasteiger partial charge in [0.15, 0.2) is 23.2 Å². The van der Waals surface area contributed by atoms with E-state index in [9.17, 15) is 8.96 Å². The van der Waals surface area contributed by atoms with Crippen molar-refractivity contribution in [1.82, 2.24) is 24.9 Å². The Hall–Kier alpha value is -3.49. The first kappa shape index (κ1) is 25.8. The number of aromatic amines is 1. The zero-order valence-corrected chi connectivity index (χ0v) is 21.7. The van der Waals surface area contributed by atoms with Gasteiger partial charge in [-0.25, -0.2) is 23.3 Å². The average molecular weight is 562 g/mol. The van der Waals surface area contributed by atoms with Crippen LogP contribution in [0.2, 0.25) is 0 Å². The fourth-order valence-electron chi connectivity index (χ4n) is 5.51. The summed E-state index contributed by atoms with van der Waals surface area (Å²) in [5.41, 5.74) is 7.20. The summed E-state index contributed by atoms with van der Waals surface area (Å²) in [6.45, 7) is 2.00. The summed E-state index contributed by atoms with van der Waals surface area (Å²) in [6, 6.07) is 1.14. The Morgan fingerprint density at radius 2 is 1.97 bits per heavy atom. The molecule has 0 amide bonds. The summed E-state index contributed by atoms with van der Waals surface area (Å²) in [4.78, 5) is 40.3. The number of benzene rings is 1. The fourth-order valence-corrected chi connectivity index (χ4v) is 6.02. The number of phosphoric acid groups is 1. The zero-order chi connectivity index (χ0) is 27.6. The Morgan fingerprint density at radius 3 is 2.59 bits per heavy atom. The quantitative estimate of drug-likeness (QED) is 0.208. The number of phosphoric ester groups is 1.